The maximum Gasteiger partial charge on any atom is 0.334 e. The molecular weight excluding hydrogens is 250 g/mol. The molecule has 0 unspecified atom stereocenters. The van der Waals surface area contributed by atoms with Crippen LogP contribution in [0.15, 0.2) is 0 Å². The van der Waals surface area contributed by atoms with Crippen molar-refractivity contribution in [2.24, 2.45) is 0 Å². The molecule has 0 atom stereocenters. The van der Waals surface area contributed by atoms with Crippen LogP contribution in [0, 0.1) is 0 Å². The first kappa shape index (κ1) is 18.0. The Balaban J connectivity index is 3.93. The standard InChI is InChI=1S/C12H29NO4Si/c1-6-16-11-13(12-17-7-2)9-8-10-18(5,14-3)15-4/h6-12H2,1-5H3. The smallest absolute Gasteiger partial charge is 0.334 e. The summed E-state index contributed by atoms with van der Waals surface area (Å²) in [4.78, 5) is 2.16. The quantitative estimate of drug-likeness (QED) is 0.404. The van der Waals surface area contributed by atoms with Crippen LogP contribution in [0.4, 0.5) is 0 Å². The van der Waals surface area contributed by atoms with Gasteiger partial charge in [0.05, 0.1) is 0 Å². The molecule has 5 nitrogen and oxygen atoms in total. The first-order valence-electron chi connectivity index (χ1n) is 6.60. The van der Waals surface area contributed by atoms with Crippen LogP contribution in [0.3, 0.4) is 0 Å². The van der Waals surface area contributed by atoms with Crippen LogP contribution in [0.2, 0.25) is 12.6 Å². The third kappa shape index (κ3) is 8.18. The Morgan fingerprint density at radius 1 is 0.944 bits per heavy atom. The summed E-state index contributed by atoms with van der Waals surface area (Å²) < 4.78 is 21.8. The molecule has 18 heavy (non-hydrogen) atoms. The summed E-state index contributed by atoms with van der Waals surface area (Å²) in [5.74, 6) is 0. The van der Waals surface area contributed by atoms with E-state index in [0.717, 1.165) is 32.2 Å². The second-order valence-corrected chi connectivity index (χ2v) is 7.87. The molecule has 0 spiro atoms. The zero-order valence-corrected chi connectivity index (χ0v) is 13.5. The molecule has 0 aromatic carbocycles. The van der Waals surface area contributed by atoms with E-state index in [0.29, 0.717) is 13.5 Å². The van der Waals surface area contributed by atoms with Crippen molar-refractivity contribution in [3.63, 3.8) is 0 Å². The van der Waals surface area contributed by atoms with Crippen LogP contribution in [-0.4, -0.2) is 60.9 Å². The first-order valence-corrected chi connectivity index (χ1v) is 9.12. The number of nitrogens with zero attached hydrogens (tertiary/aromatic N) is 1. The summed E-state index contributed by atoms with van der Waals surface area (Å²) in [5.41, 5.74) is 0. The predicted molar refractivity (Wildman–Crippen MR) is 74.8 cm³/mol. The van der Waals surface area contributed by atoms with Crippen LogP contribution in [0.25, 0.3) is 0 Å². The minimum atomic E-state index is -1.93. The highest BCUT2D eigenvalue weighted by atomic mass is 28.4. The van der Waals surface area contributed by atoms with Crippen molar-refractivity contribution in [2.75, 3.05) is 47.4 Å². The predicted octanol–water partition coefficient (Wildman–Crippen LogP) is 2.03. The SMILES string of the molecule is CCOCN(CCC[Si](C)(OC)OC)COCC. The van der Waals surface area contributed by atoms with Gasteiger partial charge in [-0.05, 0) is 32.9 Å². The van der Waals surface area contributed by atoms with Crippen molar-refractivity contribution < 1.29 is 18.3 Å². The zero-order chi connectivity index (χ0) is 13.9. The van der Waals surface area contributed by atoms with Gasteiger partial charge in [-0.1, -0.05) is 0 Å². The Kier molecular flexibility index (Phi) is 10.9. The third-order valence-corrected chi connectivity index (χ3v) is 5.91. The van der Waals surface area contributed by atoms with Crippen LogP contribution in [-0.2, 0) is 18.3 Å². The van der Waals surface area contributed by atoms with Crippen molar-refractivity contribution in [3.8, 4) is 0 Å². The average molecular weight is 279 g/mol. The maximum atomic E-state index is 5.47. The monoisotopic (exact) mass is 279 g/mol. The lowest BCUT2D eigenvalue weighted by molar-refractivity contribution is -0.0390. The minimum Gasteiger partial charge on any atom is -0.398 e. The molecule has 6 heteroatoms. The van der Waals surface area contributed by atoms with Gasteiger partial charge in [0.2, 0.25) is 0 Å². The Labute approximate surface area is 113 Å². The normalized spacial score (nSPS) is 12.3. The van der Waals surface area contributed by atoms with E-state index in [2.05, 4.69) is 11.4 Å². The van der Waals surface area contributed by atoms with E-state index in [1.165, 1.54) is 0 Å². The molecule has 0 amide bonds. The van der Waals surface area contributed by atoms with Gasteiger partial charge in [0.1, 0.15) is 13.5 Å². The lowest BCUT2D eigenvalue weighted by atomic mass is 10.4. The molecular formula is C12H29NO4Si. The zero-order valence-electron chi connectivity index (χ0n) is 12.5. The molecule has 0 saturated carbocycles. The van der Waals surface area contributed by atoms with Crippen molar-refractivity contribution >= 4 is 8.56 Å². The van der Waals surface area contributed by atoms with Crippen molar-refractivity contribution in [3.05, 3.63) is 0 Å². The molecule has 0 aliphatic carbocycles. The van der Waals surface area contributed by atoms with E-state index in [-0.39, 0.29) is 0 Å². The van der Waals surface area contributed by atoms with Gasteiger partial charge >= 0.3 is 8.56 Å². The number of rotatable bonds is 12. The lowest BCUT2D eigenvalue weighted by Gasteiger charge is -2.25. The summed E-state index contributed by atoms with van der Waals surface area (Å²) in [6.07, 6.45) is 1.03. The molecule has 0 aromatic rings. The first-order chi connectivity index (χ1) is 8.61. The van der Waals surface area contributed by atoms with Gasteiger partial charge in [0.25, 0.3) is 0 Å². The molecule has 0 aliphatic heterocycles. The summed E-state index contributed by atoms with van der Waals surface area (Å²) in [6, 6.07) is 0.981. The van der Waals surface area contributed by atoms with Crippen molar-refractivity contribution in [1.29, 1.82) is 0 Å². The minimum absolute atomic E-state index is 0.620. The molecule has 0 heterocycles. The van der Waals surface area contributed by atoms with Gasteiger partial charge in [-0.15, -0.1) is 0 Å². The largest absolute Gasteiger partial charge is 0.398 e. The van der Waals surface area contributed by atoms with Crippen LogP contribution in [0.5, 0.6) is 0 Å². The Bertz CT molecular complexity index is 183. The van der Waals surface area contributed by atoms with Crippen LogP contribution < -0.4 is 0 Å². The van der Waals surface area contributed by atoms with Gasteiger partial charge in [0, 0.05) is 34.0 Å². The Morgan fingerprint density at radius 3 is 1.83 bits per heavy atom. The summed E-state index contributed by atoms with van der Waals surface area (Å²) >= 11 is 0. The van der Waals surface area contributed by atoms with Gasteiger partial charge in [0.15, 0.2) is 0 Å². The number of ether oxygens (including phenoxy) is 2. The molecule has 0 aliphatic rings. The Hall–Kier alpha value is 0.0169. The third-order valence-electron chi connectivity index (χ3n) is 2.92. The van der Waals surface area contributed by atoms with Crippen molar-refractivity contribution in [1.82, 2.24) is 4.90 Å². The molecule has 0 bridgehead atoms. The van der Waals surface area contributed by atoms with Crippen molar-refractivity contribution in [2.45, 2.75) is 32.9 Å². The van der Waals surface area contributed by atoms with Gasteiger partial charge < -0.3 is 18.3 Å². The van der Waals surface area contributed by atoms with Crippen LogP contribution >= 0.6 is 0 Å². The van der Waals surface area contributed by atoms with E-state index >= 15 is 0 Å². The van der Waals surface area contributed by atoms with Crippen LogP contribution in [0.1, 0.15) is 20.3 Å². The summed E-state index contributed by atoms with van der Waals surface area (Å²) in [5, 5.41) is 0. The Morgan fingerprint density at radius 2 is 1.44 bits per heavy atom. The fraction of sp³-hybridized carbons (Fsp3) is 1.00. The highest BCUT2D eigenvalue weighted by Gasteiger charge is 2.28. The summed E-state index contributed by atoms with van der Waals surface area (Å²) in [6.45, 7) is 9.72. The second-order valence-electron chi connectivity index (χ2n) is 4.28. The maximum absolute atomic E-state index is 5.47. The van der Waals surface area contributed by atoms with Gasteiger partial charge in [-0.3, -0.25) is 4.90 Å². The molecule has 0 aromatic heterocycles. The highest BCUT2D eigenvalue weighted by Crippen LogP contribution is 2.14. The molecule has 0 saturated heterocycles. The molecule has 0 rings (SSSR count). The van der Waals surface area contributed by atoms with Gasteiger partial charge in [-0.2, -0.15) is 0 Å². The fourth-order valence-corrected chi connectivity index (χ4v) is 2.89. The highest BCUT2D eigenvalue weighted by molar-refractivity contribution is 6.65. The fourth-order valence-electron chi connectivity index (χ4n) is 1.52. The molecule has 0 fully saturated rings. The molecule has 110 valence electrons. The van der Waals surface area contributed by atoms with E-state index in [1.54, 1.807) is 14.2 Å². The summed E-state index contributed by atoms with van der Waals surface area (Å²) in [7, 11) is 1.53. The topological polar surface area (TPSA) is 40.2 Å². The number of hydrogen-bond donors (Lipinski definition) is 0. The second kappa shape index (κ2) is 10.9. The van der Waals surface area contributed by atoms with E-state index in [9.17, 15) is 0 Å². The number of hydrogen-bond acceptors (Lipinski definition) is 5. The molecule has 0 radical (unpaired) electrons. The van der Waals surface area contributed by atoms with E-state index < -0.39 is 8.56 Å². The average Bonchev–Trinajstić information content (AvgIpc) is 2.40. The van der Waals surface area contributed by atoms with E-state index in [4.69, 9.17) is 18.3 Å². The molecule has 0 N–H and O–H groups in total. The van der Waals surface area contributed by atoms with Gasteiger partial charge in [-0.25, -0.2) is 0 Å². The lowest BCUT2D eigenvalue weighted by Crippen LogP contribution is -2.37. The van der Waals surface area contributed by atoms with E-state index in [1.807, 2.05) is 13.8 Å².